The molecular formula is C17H27N3O2. The molecule has 5 nitrogen and oxygen atoms in total. The van der Waals surface area contributed by atoms with E-state index in [0.29, 0.717) is 19.0 Å². The minimum absolute atomic E-state index is 0.235. The van der Waals surface area contributed by atoms with E-state index in [2.05, 4.69) is 24.0 Å². The smallest absolute Gasteiger partial charge is 0.222 e. The summed E-state index contributed by atoms with van der Waals surface area (Å²) in [5, 5.41) is 0. The lowest BCUT2D eigenvalue weighted by atomic mass is 10.1. The Morgan fingerprint density at radius 2 is 2.05 bits per heavy atom. The number of hydrogen-bond acceptors (Lipinski definition) is 4. The lowest BCUT2D eigenvalue weighted by Gasteiger charge is -2.38. The Morgan fingerprint density at radius 1 is 1.32 bits per heavy atom. The number of ether oxygens (including phenoxy) is 1. The van der Waals surface area contributed by atoms with Crippen LogP contribution in [0.15, 0.2) is 24.3 Å². The molecule has 22 heavy (non-hydrogen) atoms. The summed E-state index contributed by atoms with van der Waals surface area (Å²) in [6.45, 7) is 6.22. The van der Waals surface area contributed by atoms with Crippen molar-refractivity contribution in [3.05, 3.63) is 29.8 Å². The molecule has 1 unspecified atom stereocenters. The second-order valence-corrected chi connectivity index (χ2v) is 5.76. The first-order valence-corrected chi connectivity index (χ1v) is 8.01. The van der Waals surface area contributed by atoms with Gasteiger partial charge in [0.05, 0.1) is 7.11 Å². The second kappa shape index (κ2) is 8.15. The Labute approximate surface area is 133 Å². The number of rotatable bonds is 6. The predicted octanol–water partition coefficient (Wildman–Crippen LogP) is 1.64. The van der Waals surface area contributed by atoms with Crippen LogP contribution in [0.1, 0.15) is 31.4 Å². The van der Waals surface area contributed by atoms with Gasteiger partial charge in [-0.1, -0.05) is 12.1 Å². The molecule has 1 aromatic rings. The summed E-state index contributed by atoms with van der Waals surface area (Å²) in [6, 6.07) is 8.54. The average molecular weight is 305 g/mol. The van der Waals surface area contributed by atoms with Crippen molar-refractivity contribution in [2.45, 2.75) is 25.8 Å². The molecule has 0 aromatic heterocycles. The fraction of sp³-hybridized carbons (Fsp3) is 0.588. The molecule has 1 aliphatic heterocycles. The minimum atomic E-state index is 0.235. The van der Waals surface area contributed by atoms with E-state index in [-0.39, 0.29) is 5.91 Å². The summed E-state index contributed by atoms with van der Waals surface area (Å²) < 4.78 is 5.30. The van der Waals surface area contributed by atoms with Gasteiger partial charge in [0, 0.05) is 38.6 Å². The summed E-state index contributed by atoms with van der Waals surface area (Å²) in [5.74, 6) is 1.12. The maximum Gasteiger partial charge on any atom is 0.222 e. The molecule has 1 amide bonds. The van der Waals surface area contributed by atoms with Crippen LogP contribution in [0.4, 0.5) is 0 Å². The van der Waals surface area contributed by atoms with Crippen LogP contribution < -0.4 is 10.5 Å². The number of nitrogens with two attached hydrogens (primary N) is 1. The molecule has 0 aliphatic carbocycles. The zero-order valence-electron chi connectivity index (χ0n) is 13.6. The van der Waals surface area contributed by atoms with Crippen molar-refractivity contribution >= 4 is 5.91 Å². The number of carbonyl (C=O) groups is 1. The molecule has 0 spiro atoms. The van der Waals surface area contributed by atoms with Crippen LogP contribution in [-0.4, -0.2) is 55.5 Å². The fourth-order valence-electron chi connectivity index (χ4n) is 2.88. The molecule has 2 N–H and O–H groups in total. The average Bonchev–Trinajstić information content (AvgIpc) is 2.59. The molecule has 0 radical (unpaired) electrons. The van der Waals surface area contributed by atoms with Crippen molar-refractivity contribution in [3.63, 3.8) is 0 Å². The summed E-state index contributed by atoms with van der Waals surface area (Å²) in [6.07, 6.45) is 1.35. The standard InChI is InChI=1S/C17H27N3O2/c1-14(15-5-3-6-16(13-15)22-2)19-9-11-20(12-10-19)17(21)7-4-8-18/h3,5-6,13-14H,4,7-12,18H2,1-2H3. The van der Waals surface area contributed by atoms with Gasteiger partial charge in [-0.2, -0.15) is 0 Å². The highest BCUT2D eigenvalue weighted by molar-refractivity contribution is 5.76. The second-order valence-electron chi connectivity index (χ2n) is 5.76. The zero-order valence-corrected chi connectivity index (χ0v) is 13.6. The third kappa shape index (κ3) is 4.21. The highest BCUT2D eigenvalue weighted by Gasteiger charge is 2.24. The van der Waals surface area contributed by atoms with Crippen LogP contribution in [0.3, 0.4) is 0 Å². The van der Waals surface area contributed by atoms with E-state index in [1.807, 2.05) is 17.0 Å². The van der Waals surface area contributed by atoms with Crippen molar-refractivity contribution in [1.29, 1.82) is 0 Å². The Hall–Kier alpha value is -1.59. The molecule has 0 bridgehead atoms. The molecular weight excluding hydrogens is 278 g/mol. The lowest BCUT2D eigenvalue weighted by Crippen LogP contribution is -2.49. The number of nitrogens with zero attached hydrogens (tertiary/aromatic N) is 2. The van der Waals surface area contributed by atoms with Crippen molar-refractivity contribution in [2.75, 3.05) is 39.8 Å². The van der Waals surface area contributed by atoms with Gasteiger partial charge >= 0.3 is 0 Å². The number of hydrogen-bond donors (Lipinski definition) is 1. The van der Waals surface area contributed by atoms with Gasteiger partial charge in [0.15, 0.2) is 0 Å². The molecule has 122 valence electrons. The summed E-state index contributed by atoms with van der Waals surface area (Å²) in [4.78, 5) is 16.4. The van der Waals surface area contributed by atoms with Crippen molar-refractivity contribution in [2.24, 2.45) is 5.73 Å². The summed E-state index contributed by atoms with van der Waals surface area (Å²) in [5.41, 5.74) is 6.72. The first kappa shape index (κ1) is 16.8. The van der Waals surface area contributed by atoms with Gasteiger partial charge in [0.2, 0.25) is 5.91 Å². The van der Waals surface area contributed by atoms with E-state index >= 15 is 0 Å². The van der Waals surface area contributed by atoms with Gasteiger partial charge in [0.1, 0.15) is 5.75 Å². The monoisotopic (exact) mass is 305 g/mol. The maximum absolute atomic E-state index is 12.0. The summed E-state index contributed by atoms with van der Waals surface area (Å²) >= 11 is 0. The minimum Gasteiger partial charge on any atom is -0.497 e. The van der Waals surface area contributed by atoms with Gasteiger partial charge in [-0.15, -0.1) is 0 Å². The Bertz CT molecular complexity index is 485. The molecule has 0 saturated carbocycles. The van der Waals surface area contributed by atoms with Crippen molar-refractivity contribution in [1.82, 2.24) is 9.80 Å². The Balaban J connectivity index is 1.89. The summed E-state index contributed by atoms with van der Waals surface area (Å²) in [7, 11) is 1.69. The molecule has 1 aliphatic rings. The number of piperazine rings is 1. The van der Waals surface area contributed by atoms with Crippen LogP contribution in [0.5, 0.6) is 5.75 Å². The Morgan fingerprint density at radius 3 is 2.68 bits per heavy atom. The predicted molar refractivity (Wildman–Crippen MR) is 87.9 cm³/mol. The van der Waals surface area contributed by atoms with E-state index in [9.17, 15) is 4.79 Å². The largest absolute Gasteiger partial charge is 0.497 e. The van der Waals surface area contributed by atoms with E-state index in [1.165, 1.54) is 5.56 Å². The first-order valence-electron chi connectivity index (χ1n) is 8.01. The SMILES string of the molecule is COc1cccc(C(C)N2CCN(C(=O)CCCN)CC2)c1. The lowest BCUT2D eigenvalue weighted by molar-refractivity contribution is -0.133. The van der Waals surface area contributed by atoms with E-state index < -0.39 is 0 Å². The number of benzene rings is 1. The quantitative estimate of drug-likeness (QED) is 0.868. The zero-order chi connectivity index (χ0) is 15.9. The van der Waals surface area contributed by atoms with Crippen molar-refractivity contribution in [3.8, 4) is 5.75 Å². The van der Waals surface area contributed by atoms with Gasteiger partial charge in [0.25, 0.3) is 0 Å². The fourth-order valence-corrected chi connectivity index (χ4v) is 2.88. The van der Waals surface area contributed by atoms with Gasteiger partial charge < -0.3 is 15.4 Å². The molecule has 1 atom stereocenters. The van der Waals surface area contributed by atoms with Crippen LogP contribution in [0, 0.1) is 0 Å². The van der Waals surface area contributed by atoms with E-state index in [4.69, 9.17) is 10.5 Å². The Kier molecular flexibility index (Phi) is 6.21. The third-order valence-corrected chi connectivity index (χ3v) is 4.39. The highest BCUT2D eigenvalue weighted by Crippen LogP contribution is 2.24. The third-order valence-electron chi connectivity index (χ3n) is 4.39. The van der Waals surface area contributed by atoms with Crippen LogP contribution in [0.25, 0.3) is 0 Å². The van der Waals surface area contributed by atoms with E-state index in [1.54, 1.807) is 7.11 Å². The van der Waals surface area contributed by atoms with Crippen LogP contribution >= 0.6 is 0 Å². The maximum atomic E-state index is 12.0. The van der Waals surface area contributed by atoms with Crippen LogP contribution in [0.2, 0.25) is 0 Å². The molecule has 1 saturated heterocycles. The highest BCUT2D eigenvalue weighted by atomic mass is 16.5. The van der Waals surface area contributed by atoms with Crippen LogP contribution in [-0.2, 0) is 4.79 Å². The molecule has 2 rings (SSSR count). The van der Waals surface area contributed by atoms with Gasteiger partial charge in [-0.05, 0) is 37.6 Å². The number of methoxy groups -OCH3 is 1. The molecule has 1 fully saturated rings. The molecule has 1 aromatic carbocycles. The number of amides is 1. The molecule has 5 heteroatoms. The van der Waals surface area contributed by atoms with Gasteiger partial charge in [-0.25, -0.2) is 0 Å². The number of carbonyl (C=O) groups excluding carboxylic acids is 1. The van der Waals surface area contributed by atoms with E-state index in [0.717, 1.165) is 38.3 Å². The molecule has 1 heterocycles. The van der Waals surface area contributed by atoms with Crippen molar-refractivity contribution < 1.29 is 9.53 Å². The topological polar surface area (TPSA) is 58.8 Å². The normalized spacial score (nSPS) is 17.3. The first-order chi connectivity index (χ1) is 10.7. The van der Waals surface area contributed by atoms with Gasteiger partial charge in [-0.3, -0.25) is 9.69 Å².